The molecule has 0 aliphatic rings. The predicted molar refractivity (Wildman–Crippen MR) is 65.2 cm³/mol. The first-order valence-electron chi connectivity index (χ1n) is 5.51. The number of hydrogen-bond donors (Lipinski definition) is 1. The predicted octanol–water partition coefficient (Wildman–Crippen LogP) is 2.99. The fraction of sp³-hybridized carbons (Fsp3) is 0.0769. The Morgan fingerprint density at radius 1 is 1.25 bits per heavy atom. The number of rotatable bonds is 3. The summed E-state index contributed by atoms with van der Waals surface area (Å²) in [6.07, 6.45) is -1.13. The van der Waals surface area contributed by atoms with Crippen molar-refractivity contribution in [2.45, 2.75) is 6.18 Å². The number of nitrogens with zero attached hydrogens (tertiary/aromatic N) is 2. The summed E-state index contributed by atoms with van der Waals surface area (Å²) < 4.78 is 38.6. The molecule has 1 aromatic carbocycles. The smallest absolute Gasteiger partial charge is 0.435 e. The summed E-state index contributed by atoms with van der Waals surface area (Å²) in [4.78, 5) is 10.5. The molecule has 4 nitrogen and oxygen atoms in total. The molecule has 0 aliphatic carbocycles. The molecule has 0 atom stereocenters. The summed E-state index contributed by atoms with van der Waals surface area (Å²) in [6, 6.07) is 7.28. The Balaban J connectivity index is 2.43. The average Bonchev–Trinajstić information content (AvgIpc) is 2.86. The first-order chi connectivity index (χ1) is 9.38. The summed E-state index contributed by atoms with van der Waals surface area (Å²) in [5.74, 6) is -1.14. The van der Waals surface area contributed by atoms with Gasteiger partial charge in [0.25, 0.3) is 0 Å². The zero-order valence-corrected chi connectivity index (χ0v) is 10.0. The van der Waals surface area contributed by atoms with Crippen LogP contribution in [0.25, 0.3) is 11.8 Å². The maximum atomic E-state index is 12.5. The second kappa shape index (κ2) is 5.20. The number of aliphatic carboxylic acids is 1. The lowest BCUT2D eigenvalue weighted by molar-refractivity contribution is -0.141. The molecule has 2 aromatic rings. The van der Waals surface area contributed by atoms with E-state index < -0.39 is 17.8 Å². The SMILES string of the molecule is O=C(O)C=Cc1ccccc1-n1ccc(C(F)(F)F)n1. The highest BCUT2D eigenvalue weighted by atomic mass is 19.4. The number of alkyl halides is 3. The van der Waals surface area contributed by atoms with Gasteiger partial charge in [0, 0.05) is 17.8 Å². The van der Waals surface area contributed by atoms with Crippen molar-refractivity contribution in [1.82, 2.24) is 9.78 Å². The fourth-order valence-electron chi connectivity index (χ4n) is 1.61. The van der Waals surface area contributed by atoms with Gasteiger partial charge in [-0.2, -0.15) is 18.3 Å². The highest BCUT2D eigenvalue weighted by Crippen LogP contribution is 2.28. The third kappa shape index (κ3) is 3.05. The Labute approximate surface area is 111 Å². The van der Waals surface area contributed by atoms with Crippen molar-refractivity contribution in [3.63, 3.8) is 0 Å². The van der Waals surface area contributed by atoms with Crippen LogP contribution in [-0.4, -0.2) is 20.9 Å². The first kappa shape index (κ1) is 13.9. The monoisotopic (exact) mass is 282 g/mol. The van der Waals surface area contributed by atoms with Gasteiger partial charge in [0.1, 0.15) is 0 Å². The van der Waals surface area contributed by atoms with Crippen LogP contribution in [0.2, 0.25) is 0 Å². The van der Waals surface area contributed by atoms with Crippen LogP contribution in [0, 0.1) is 0 Å². The van der Waals surface area contributed by atoms with Gasteiger partial charge in [0.2, 0.25) is 0 Å². The van der Waals surface area contributed by atoms with Crippen LogP contribution in [0.3, 0.4) is 0 Å². The van der Waals surface area contributed by atoms with Crippen molar-refractivity contribution in [3.05, 3.63) is 53.9 Å². The minimum absolute atomic E-state index is 0.362. The molecule has 0 fully saturated rings. The van der Waals surface area contributed by atoms with Crippen LogP contribution in [0.1, 0.15) is 11.3 Å². The third-order valence-corrected chi connectivity index (χ3v) is 2.47. The maximum absolute atomic E-state index is 12.5. The van der Waals surface area contributed by atoms with E-state index in [0.29, 0.717) is 11.3 Å². The quantitative estimate of drug-likeness (QED) is 0.880. The molecule has 20 heavy (non-hydrogen) atoms. The Kier molecular flexibility index (Phi) is 3.60. The normalized spacial score (nSPS) is 11.9. The number of hydrogen-bond acceptors (Lipinski definition) is 2. The molecule has 1 aromatic heterocycles. The van der Waals surface area contributed by atoms with Gasteiger partial charge >= 0.3 is 12.1 Å². The fourth-order valence-corrected chi connectivity index (χ4v) is 1.61. The number of benzene rings is 1. The van der Waals surface area contributed by atoms with E-state index in [1.54, 1.807) is 24.3 Å². The lowest BCUT2D eigenvalue weighted by Gasteiger charge is -2.06. The van der Waals surface area contributed by atoms with E-state index in [4.69, 9.17) is 5.11 Å². The molecule has 0 saturated heterocycles. The highest BCUT2D eigenvalue weighted by molar-refractivity contribution is 5.86. The molecule has 0 spiro atoms. The van der Waals surface area contributed by atoms with Gasteiger partial charge in [0.05, 0.1) is 5.69 Å². The van der Waals surface area contributed by atoms with Crippen molar-refractivity contribution >= 4 is 12.0 Å². The minimum Gasteiger partial charge on any atom is -0.478 e. The van der Waals surface area contributed by atoms with Crippen LogP contribution in [0.5, 0.6) is 0 Å². The van der Waals surface area contributed by atoms with E-state index in [1.807, 2.05) is 0 Å². The summed E-state index contributed by atoms with van der Waals surface area (Å²) in [5, 5.41) is 12.0. The molecule has 1 heterocycles. The Morgan fingerprint density at radius 3 is 2.55 bits per heavy atom. The number of carboxylic acid groups (broad SMARTS) is 1. The second-order valence-electron chi connectivity index (χ2n) is 3.87. The minimum atomic E-state index is -4.52. The van der Waals surface area contributed by atoms with Gasteiger partial charge in [-0.25, -0.2) is 9.48 Å². The van der Waals surface area contributed by atoms with Crippen molar-refractivity contribution in [2.24, 2.45) is 0 Å². The number of para-hydroxylation sites is 1. The zero-order chi connectivity index (χ0) is 14.8. The van der Waals surface area contributed by atoms with E-state index in [9.17, 15) is 18.0 Å². The Bertz CT molecular complexity index is 660. The van der Waals surface area contributed by atoms with Crippen LogP contribution < -0.4 is 0 Å². The lowest BCUT2D eigenvalue weighted by atomic mass is 10.1. The number of halogens is 3. The number of carbonyl (C=O) groups is 1. The van der Waals surface area contributed by atoms with Crippen LogP contribution >= 0.6 is 0 Å². The van der Waals surface area contributed by atoms with Crippen molar-refractivity contribution in [2.75, 3.05) is 0 Å². The molecule has 0 aliphatic heterocycles. The van der Waals surface area contributed by atoms with E-state index in [1.165, 1.54) is 12.3 Å². The van der Waals surface area contributed by atoms with E-state index in [0.717, 1.165) is 16.8 Å². The molecular formula is C13H9F3N2O2. The van der Waals surface area contributed by atoms with Crippen LogP contribution in [0.15, 0.2) is 42.6 Å². The van der Waals surface area contributed by atoms with Gasteiger partial charge in [0.15, 0.2) is 5.69 Å². The molecule has 0 bridgehead atoms. The van der Waals surface area contributed by atoms with Gasteiger partial charge < -0.3 is 5.11 Å². The number of aromatic nitrogens is 2. The van der Waals surface area contributed by atoms with Gasteiger partial charge in [-0.1, -0.05) is 18.2 Å². The van der Waals surface area contributed by atoms with Crippen LogP contribution in [-0.2, 0) is 11.0 Å². The zero-order valence-electron chi connectivity index (χ0n) is 10.0. The largest absolute Gasteiger partial charge is 0.478 e. The summed E-state index contributed by atoms with van der Waals surface area (Å²) in [7, 11) is 0. The molecule has 104 valence electrons. The summed E-state index contributed by atoms with van der Waals surface area (Å²) in [6.45, 7) is 0. The average molecular weight is 282 g/mol. The third-order valence-electron chi connectivity index (χ3n) is 2.47. The molecule has 0 radical (unpaired) electrons. The van der Waals surface area contributed by atoms with Gasteiger partial charge in [-0.3, -0.25) is 0 Å². The second-order valence-corrected chi connectivity index (χ2v) is 3.87. The van der Waals surface area contributed by atoms with Gasteiger partial charge in [-0.15, -0.1) is 0 Å². The Morgan fingerprint density at radius 2 is 1.95 bits per heavy atom. The van der Waals surface area contributed by atoms with E-state index >= 15 is 0 Å². The molecule has 1 N–H and O–H groups in total. The Hall–Kier alpha value is -2.57. The molecule has 0 amide bonds. The van der Waals surface area contributed by atoms with Crippen LogP contribution in [0.4, 0.5) is 13.2 Å². The molecular weight excluding hydrogens is 273 g/mol. The van der Waals surface area contributed by atoms with Crippen molar-refractivity contribution in [3.8, 4) is 5.69 Å². The van der Waals surface area contributed by atoms with Crippen molar-refractivity contribution < 1.29 is 23.1 Å². The molecule has 0 saturated carbocycles. The lowest BCUT2D eigenvalue weighted by Crippen LogP contribution is -2.07. The standard InChI is InChI=1S/C13H9F3N2O2/c14-13(15,16)11-7-8-18(17-11)10-4-2-1-3-9(10)5-6-12(19)20/h1-8H,(H,19,20). The molecule has 2 rings (SSSR count). The summed E-state index contributed by atoms with van der Waals surface area (Å²) >= 11 is 0. The van der Waals surface area contributed by atoms with E-state index in [2.05, 4.69) is 5.10 Å². The van der Waals surface area contributed by atoms with Crippen molar-refractivity contribution in [1.29, 1.82) is 0 Å². The number of carboxylic acids is 1. The van der Waals surface area contributed by atoms with E-state index in [-0.39, 0.29) is 0 Å². The first-order valence-corrected chi connectivity index (χ1v) is 5.51. The maximum Gasteiger partial charge on any atom is 0.435 e. The summed E-state index contributed by atoms with van der Waals surface area (Å²) in [5.41, 5.74) is -0.193. The highest BCUT2D eigenvalue weighted by Gasteiger charge is 2.33. The molecule has 0 unspecified atom stereocenters. The topological polar surface area (TPSA) is 55.1 Å². The van der Waals surface area contributed by atoms with Gasteiger partial charge in [-0.05, 0) is 18.2 Å². The molecule has 7 heteroatoms.